The van der Waals surface area contributed by atoms with Crippen molar-refractivity contribution in [1.82, 2.24) is 4.57 Å². The highest BCUT2D eigenvalue weighted by atomic mass is 19.1. The van der Waals surface area contributed by atoms with E-state index in [9.17, 15) is 19.1 Å². The molecule has 1 aliphatic heterocycles. The lowest BCUT2D eigenvalue weighted by Crippen LogP contribution is -2.14. The maximum atomic E-state index is 14.0. The van der Waals surface area contributed by atoms with Gasteiger partial charge in [-0.1, -0.05) is 12.1 Å². The fourth-order valence-corrected chi connectivity index (χ4v) is 2.58. The minimum absolute atomic E-state index is 0.00143. The Bertz CT molecular complexity index is 914. The second kappa shape index (κ2) is 5.11. The minimum atomic E-state index is -1.15. The van der Waals surface area contributed by atoms with Crippen molar-refractivity contribution in [2.45, 2.75) is 6.92 Å². The molecule has 1 N–H and O–H groups in total. The number of benzene rings is 2. The third-order valence-electron chi connectivity index (χ3n) is 3.61. The summed E-state index contributed by atoms with van der Waals surface area (Å²) in [6.45, 7) is 1.59. The largest absolute Gasteiger partial charge is 0.478 e. The van der Waals surface area contributed by atoms with Crippen LogP contribution in [0.25, 0.3) is 16.8 Å². The van der Waals surface area contributed by atoms with Crippen molar-refractivity contribution in [2.75, 3.05) is 0 Å². The van der Waals surface area contributed by atoms with E-state index in [-0.39, 0.29) is 16.7 Å². The van der Waals surface area contributed by atoms with Gasteiger partial charge in [-0.25, -0.2) is 9.18 Å². The van der Waals surface area contributed by atoms with Gasteiger partial charge in [0.05, 0.1) is 11.3 Å². The number of hydrogen-bond donors (Lipinski definition) is 1. The molecule has 5 heteroatoms. The van der Waals surface area contributed by atoms with Gasteiger partial charge < -0.3 is 9.67 Å². The third-order valence-corrected chi connectivity index (χ3v) is 3.61. The Labute approximate surface area is 125 Å². The van der Waals surface area contributed by atoms with Gasteiger partial charge in [0.25, 0.3) is 0 Å². The third kappa shape index (κ3) is 2.16. The van der Waals surface area contributed by atoms with Gasteiger partial charge >= 0.3 is 5.97 Å². The molecule has 22 heavy (non-hydrogen) atoms. The van der Waals surface area contributed by atoms with Gasteiger partial charge in [-0.2, -0.15) is 0 Å². The molecule has 1 aliphatic carbocycles. The molecule has 0 atom stereocenters. The van der Waals surface area contributed by atoms with Crippen LogP contribution in [-0.2, 0) is 0 Å². The Kier molecular flexibility index (Phi) is 3.25. The molecule has 2 aliphatic rings. The zero-order valence-electron chi connectivity index (χ0n) is 11.7. The number of carboxylic acids is 1. The van der Waals surface area contributed by atoms with Crippen LogP contribution < -0.4 is 5.43 Å². The second-order valence-corrected chi connectivity index (χ2v) is 4.97. The van der Waals surface area contributed by atoms with E-state index in [0.29, 0.717) is 16.8 Å². The summed E-state index contributed by atoms with van der Waals surface area (Å²) in [5, 5.41) is 9.49. The molecule has 0 aromatic heterocycles. The summed E-state index contributed by atoms with van der Waals surface area (Å²) >= 11 is 0. The maximum absolute atomic E-state index is 14.0. The Balaban J connectivity index is 2.44. The van der Waals surface area contributed by atoms with E-state index in [2.05, 4.69) is 0 Å². The molecule has 0 unspecified atom stereocenters. The number of carboxylic acid groups (broad SMARTS) is 1. The van der Waals surface area contributed by atoms with Crippen LogP contribution in [0.4, 0.5) is 4.39 Å². The summed E-state index contributed by atoms with van der Waals surface area (Å²) in [5.41, 5.74) is 1.26. The molecule has 0 amide bonds. The zero-order chi connectivity index (χ0) is 15.9. The summed E-state index contributed by atoms with van der Waals surface area (Å²) in [6, 6.07) is 10.3. The Morgan fingerprint density at radius 1 is 1.18 bits per heavy atom. The normalized spacial score (nSPS) is 10.8. The zero-order valence-corrected chi connectivity index (χ0v) is 11.7. The average Bonchev–Trinajstić information content (AvgIpc) is 2.47. The predicted molar refractivity (Wildman–Crippen MR) is 80.3 cm³/mol. The Hall–Kier alpha value is -2.95. The first-order valence-corrected chi connectivity index (χ1v) is 6.63. The van der Waals surface area contributed by atoms with Crippen LogP contribution in [0.2, 0.25) is 0 Å². The number of para-hydroxylation sites is 1. The van der Waals surface area contributed by atoms with E-state index in [0.717, 1.165) is 0 Å². The standard InChI is InChI=1S/C17H12FNO3/c1-10-16(17(21)22)13-8-12(20)7-6-11(13)9-19(10)15-5-3-2-4-14(15)18/h2-9H,1H3,(H,21,22). The Morgan fingerprint density at radius 3 is 2.59 bits per heavy atom. The van der Waals surface area contributed by atoms with Crippen LogP contribution >= 0.6 is 0 Å². The molecule has 110 valence electrons. The van der Waals surface area contributed by atoms with Crippen LogP contribution in [0.5, 0.6) is 0 Å². The first kappa shape index (κ1) is 14.0. The van der Waals surface area contributed by atoms with Crippen LogP contribution in [0.1, 0.15) is 16.1 Å². The molecule has 3 rings (SSSR count). The quantitative estimate of drug-likeness (QED) is 0.790. The number of aromatic carboxylic acids is 1. The molecular formula is C17H12FNO3. The van der Waals surface area contributed by atoms with E-state index in [4.69, 9.17) is 0 Å². The summed E-state index contributed by atoms with van der Waals surface area (Å²) in [4.78, 5) is 23.1. The van der Waals surface area contributed by atoms with Crippen molar-refractivity contribution in [2.24, 2.45) is 0 Å². The number of aromatic nitrogens is 1. The van der Waals surface area contributed by atoms with Crippen molar-refractivity contribution in [3.8, 4) is 16.8 Å². The topological polar surface area (TPSA) is 59.3 Å². The highest BCUT2D eigenvalue weighted by Gasteiger charge is 2.21. The molecule has 0 saturated carbocycles. The summed E-state index contributed by atoms with van der Waals surface area (Å²) in [6.07, 6.45) is 1.63. The lowest BCUT2D eigenvalue weighted by atomic mass is 9.97. The van der Waals surface area contributed by atoms with Crippen molar-refractivity contribution in [1.29, 1.82) is 0 Å². The molecule has 0 saturated heterocycles. The second-order valence-electron chi connectivity index (χ2n) is 4.97. The SMILES string of the molecule is Cc1c(C(=O)O)c2cc(=O)ccc-2cn1-c1ccccc1F. The van der Waals surface area contributed by atoms with Gasteiger partial charge in [0.2, 0.25) is 0 Å². The molecule has 4 nitrogen and oxygen atoms in total. The lowest BCUT2D eigenvalue weighted by molar-refractivity contribution is 0.0696. The number of rotatable bonds is 2. The molecule has 0 fully saturated rings. The van der Waals surface area contributed by atoms with Crippen molar-refractivity contribution < 1.29 is 14.3 Å². The number of fused-ring (bicyclic) bond motifs is 1. The van der Waals surface area contributed by atoms with Crippen LogP contribution in [0.3, 0.4) is 0 Å². The van der Waals surface area contributed by atoms with Crippen LogP contribution in [0, 0.1) is 12.7 Å². The molecule has 0 spiro atoms. The van der Waals surface area contributed by atoms with Crippen LogP contribution in [0.15, 0.2) is 53.5 Å². The number of halogens is 1. The van der Waals surface area contributed by atoms with E-state index in [1.165, 1.54) is 22.8 Å². The average molecular weight is 297 g/mol. The summed E-state index contributed by atoms with van der Waals surface area (Å²) < 4.78 is 15.5. The van der Waals surface area contributed by atoms with E-state index in [1.807, 2.05) is 0 Å². The van der Waals surface area contributed by atoms with Gasteiger partial charge in [-0.05, 0) is 42.8 Å². The Morgan fingerprint density at radius 2 is 1.91 bits per heavy atom. The summed E-state index contributed by atoms with van der Waals surface area (Å²) in [5.74, 6) is -1.61. The number of hydrogen-bond acceptors (Lipinski definition) is 2. The van der Waals surface area contributed by atoms with Crippen molar-refractivity contribution in [3.63, 3.8) is 0 Å². The van der Waals surface area contributed by atoms with Gasteiger partial charge in [0.15, 0.2) is 5.43 Å². The van der Waals surface area contributed by atoms with Crippen molar-refractivity contribution in [3.05, 3.63) is 76.0 Å². The fraction of sp³-hybridized carbons (Fsp3) is 0.0588. The molecular weight excluding hydrogens is 285 g/mol. The van der Waals surface area contributed by atoms with Gasteiger partial charge in [0, 0.05) is 17.5 Å². The van der Waals surface area contributed by atoms with Gasteiger partial charge in [-0.15, -0.1) is 0 Å². The van der Waals surface area contributed by atoms with Crippen LogP contribution in [-0.4, -0.2) is 15.6 Å². The van der Waals surface area contributed by atoms with Crippen molar-refractivity contribution >= 4 is 5.97 Å². The monoisotopic (exact) mass is 297 g/mol. The highest BCUT2D eigenvalue weighted by Crippen LogP contribution is 2.29. The number of pyridine rings is 1. The first-order valence-electron chi connectivity index (χ1n) is 6.63. The minimum Gasteiger partial charge on any atom is -0.478 e. The molecule has 1 aromatic carbocycles. The number of carbonyl (C=O) groups is 1. The summed E-state index contributed by atoms with van der Waals surface area (Å²) in [7, 11) is 0. The van der Waals surface area contributed by atoms with Gasteiger partial charge in [-0.3, -0.25) is 4.79 Å². The van der Waals surface area contributed by atoms with E-state index < -0.39 is 11.8 Å². The first-order chi connectivity index (χ1) is 10.5. The molecule has 0 radical (unpaired) electrons. The molecule has 0 bridgehead atoms. The molecule has 1 aromatic rings. The molecule has 1 heterocycles. The fourth-order valence-electron chi connectivity index (χ4n) is 2.58. The smallest absolute Gasteiger partial charge is 0.338 e. The van der Waals surface area contributed by atoms with Gasteiger partial charge in [0.1, 0.15) is 5.82 Å². The van der Waals surface area contributed by atoms with E-state index in [1.54, 1.807) is 37.4 Å². The highest BCUT2D eigenvalue weighted by molar-refractivity contribution is 5.97. The lowest BCUT2D eigenvalue weighted by Gasteiger charge is -2.19. The van der Waals surface area contributed by atoms with E-state index >= 15 is 0 Å². The maximum Gasteiger partial charge on any atom is 0.338 e. The number of nitrogens with zero attached hydrogens (tertiary/aromatic N) is 1. The predicted octanol–water partition coefficient (Wildman–Crippen LogP) is 3.09.